The van der Waals surface area contributed by atoms with Crippen LogP contribution < -0.4 is 5.32 Å². The molecule has 1 aliphatic carbocycles. The van der Waals surface area contributed by atoms with E-state index in [9.17, 15) is 0 Å². The van der Waals surface area contributed by atoms with E-state index < -0.39 is 0 Å². The van der Waals surface area contributed by atoms with E-state index in [0.29, 0.717) is 6.04 Å². The Morgan fingerprint density at radius 1 is 1.47 bits per heavy atom. The molecule has 1 aromatic carbocycles. The maximum absolute atomic E-state index is 4.58. The predicted molar refractivity (Wildman–Crippen MR) is 86.4 cm³/mol. The van der Waals surface area contributed by atoms with E-state index in [-0.39, 0.29) is 0 Å². The van der Waals surface area contributed by atoms with Crippen LogP contribution in [-0.4, -0.2) is 17.3 Å². The minimum Gasteiger partial charge on any atom is -0.383 e. The van der Waals surface area contributed by atoms with Crippen LogP contribution in [0.3, 0.4) is 0 Å². The Morgan fingerprint density at radius 3 is 3.00 bits per heavy atom. The minimum absolute atomic E-state index is 0.565. The number of hydrogen-bond donors (Lipinski definition) is 1. The number of benzene rings is 1. The molecular weight excluding hydrogens is 272 g/mol. The first kappa shape index (κ1) is 13.3. The van der Waals surface area contributed by atoms with Gasteiger partial charge in [0.25, 0.3) is 0 Å². The molecular formula is C15H20N2S2. The second kappa shape index (κ2) is 5.71. The normalized spacial score (nSPS) is 17.4. The van der Waals surface area contributed by atoms with Gasteiger partial charge in [-0.1, -0.05) is 31.0 Å². The molecule has 1 atom stereocenters. The van der Waals surface area contributed by atoms with Gasteiger partial charge in [0, 0.05) is 11.7 Å². The molecule has 0 saturated heterocycles. The molecule has 102 valence electrons. The summed E-state index contributed by atoms with van der Waals surface area (Å²) in [6, 6.07) is 7.09. The summed E-state index contributed by atoms with van der Waals surface area (Å²) < 4.78 is 2.43. The Labute approximate surface area is 123 Å². The molecule has 0 amide bonds. The molecule has 1 saturated carbocycles. The molecule has 19 heavy (non-hydrogen) atoms. The van der Waals surface area contributed by atoms with E-state index in [1.54, 1.807) is 23.1 Å². The van der Waals surface area contributed by atoms with Crippen LogP contribution in [0, 0.1) is 5.92 Å². The molecule has 1 aliphatic rings. The van der Waals surface area contributed by atoms with Crippen LogP contribution in [0.2, 0.25) is 0 Å². The summed E-state index contributed by atoms with van der Waals surface area (Å²) in [4.78, 5) is 4.58. The number of hydrogen-bond acceptors (Lipinski definition) is 4. The third-order valence-electron chi connectivity index (χ3n) is 3.87. The summed E-state index contributed by atoms with van der Waals surface area (Å²) in [5.41, 5.74) is 2.35. The van der Waals surface area contributed by atoms with Crippen molar-refractivity contribution in [1.82, 2.24) is 4.98 Å². The standard InChI is InChI=1S/C15H20N2S2/c1-10(8-11-4-3-5-11)16-12-6-7-13-14(9-12)19-15(17-13)18-2/h6-7,9-11,16H,3-5,8H2,1-2H3. The summed E-state index contributed by atoms with van der Waals surface area (Å²) >= 11 is 3.50. The number of thioether (sulfide) groups is 1. The molecule has 1 N–H and O–H groups in total. The van der Waals surface area contributed by atoms with Crippen molar-refractivity contribution in [2.75, 3.05) is 11.6 Å². The second-order valence-electron chi connectivity index (χ2n) is 5.44. The van der Waals surface area contributed by atoms with Gasteiger partial charge in [-0.05, 0) is 43.7 Å². The highest BCUT2D eigenvalue weighted by molar-refractivity contribution is 8.00. The smallest absolute Gasteiger partial charge is 0.150 e. The van der Waals surface area contributed by atoms with Crippen LogP contribution in [0.1, 0.15) is 32.6 Å². The van der Waals surface area contributed by atoms with Crippen molar-refractivity contribution in [2.45, 2.75) is 43.0 Å². The quantitative estimate of drug-likeness (QED) is 0.784. The minimum atomic E-state index is 0.565. The monoisotopic (exact) mass is 292 g/mol. The Balaban J connectivity index is 1.69. The van der Waals surface area contributed by atoms with Crippen molar-refractivity contribution >= 4 is 39.0 Å². The van der Waals surface area contributed by atoms with Crippen molar-refractivity contribution in [2.24, 2.45) is 5.92 Å². The zero-order valence-corrected chi connectivity index (χ0v) is 13.1. The number of rotatable bonds is 5. The fourth-order valence-electron chi connectivity index (χ4n) is 2.65. The fourth-order valence-corrected chi connectivity index (χ4v) is 4.18. The molecule has 0 aliphatic heterocycles. The van der Waals surface area contributed by atoms with Gasteiger partial charge in [-0.2, -0.15) is 0 Å². The number of fused-ring (bicyclic) bond motifs is 1. The van der Waals surface area contributed by atoms with Crippen molar-refractivity contribution in [3.05, 3.63) is 18.2 Å². The van der Waals surface area contributed by atoms with Crippen LogP contribution >= 0.6 is 23.1 Å². The van der Waals surface area contributed by atoms with Gasteiger partial charge < -0.3 is 5.32 Å². The molecule has 1 unspecified atom stereocenters. The van der Waals surface area contributed by atoms with Crippen molar-refractivity contribution in [3.8, 4) is 0 Å². The van der Waals surface area contributed by atoms with E-state index in [2.05, 4.69) is 41.7 Å². The lowest BCUT2D eigenvalue weighted by Crippen LogP contribution is -2.23. The number of anilines is 1. The van der Waals surface area contributed by atoms with Gasteiger partial charge in [0.05, 0.1) is 10.2 Å². The summed E-state index contributed by atoms with van der Waals surface area (Å²) in [5.74, 6) is 0.956. The summed E-state index contributed by atoms with van der Waals surface area (Å²) in [7, 11) is 0. The molecule has 1 heterocycles. The Hall–Kier alpha value is -0.740. The van der Waals surface area contributed by atoms with Gasteiger partial charge in [0.1, 0.15) is 0 Å². The van der Waals surface area contributed by atoms with Crippen LogP contribution in [0.15, 0.2) is 22.5 Å². The van der Waals surface area contributed by atoms with E-state index in [0.717, 1.165) is 15.8 Å². The van der Waals surface area contributed by atoms with E-state index >= 15 is 0 Å². The van der Waals surface area contributed by atoms with Crippen LogP contribution in [0.4, 0.5) is 5.69 Å². The molecule has 2 nitrogen and oxygen atoms in total. The Kier molecular flexibility index (Phi) is 3.99. The first-order valence-electron chi connectivity index (χ1n) is 6.95. The molecule has 2 aromatic rings. The lowest BCUT2D eigenvalue weighted by atomic mass is 9.81. The highest BCUT2D eigenvalue weighted by Gasteiger charge is 2.19. The first-order chi connectivity index (χ1) is 9.24. The molecule has 0 spiro atoms. The third-order valence-corrected chi connectivity index (χ3v) is 5.87. The maximum Gasteiger partial charge on any atom is 0.150 e. The largest absolute Gasteiger partial charge is 0.383 e. The Bertz CT molecular complexity index is 560. The van der Waals surface area contributed by atoms with E-state index in [4.69, 9.17) is 0 Å². The van der Waals surface area contributed by atoms with Crippen LogP contribution in [0.25, 0.3) is 10.2 Å². The van der Waals surface area contributed by atoms with Gasteiger partial charge in [-0.3, -0.25) is 0 Å². The fraction of sp³-hybridized carbons (Fsp3) is 0.533. The lowest BCUT2D eigenvalue weighted by Gasteiger charge is -2.28. The zero-order chi connectivity index (χ0) is 13.2. The topological polar surface area (TPSA) is 24.9 Å². The average molecular weight is 292 g/mol. The van der Waals surface area contributed by atoms with Crippen LogP contribution in [0.5, 0.6) is 0 Å². The first-order valence-corrected chi connectivity index (χ1v) is 9.00. The SMILES string of the molecule is CSc1nc2ccc(NC(C)CC3CCC3)cc2s1. The van der Waals surface area contributed by atoms with Gasteiger partial charge in [-0.25, -0.2) is 4.98 Å². The third kappa shape index (κ3) is 3.06. The van der Waals surface area contributed by atoms with Crippen molar-refractivity contribution in [3.63, 3.8) is 0 Å². The van der Waals surface area contributed by atoms with Gasteiger partial charge >= 0.3 is 0 Å². The highest BCUT2D eigenvalue weighted by Crippen LogP contribution is 2.32. The van der Waals surface area contributed by atoms with Crippen molar-refractivity contribution in [1.29, 1.82) is 0 Å². The lowest BCUT2D eigenvalue weighted by molar-refractivity contribution is 0.286. The van der Waals surface area contributed by atoms with Crippen LogP contribution in [-0.2, 0) is 0 Å². The van der Waals surface area contributed by atoms with Gasteiger partial charge in [-0.15, -0.1) is 11.3 Å². The molecule has 1 fully saturated rings. The zero-order valence-electron chi connectivity index (χ0n) is 11.5. The highest BCUT2D eigenvalue weighted by atomic mass is 32.2. The number of nitrogens with one attached hydrogen (secondary N) is 1. The number of thiazole rings is 1. The maximum atomic E-state index is 4.58. The average Bonchev–Trinajstić information content (AvgIpc) is 2.76. The molecule has 1 aromatic heterocycles. The van der Waals surface area contributed by atoms with Crippen molar-refractivity contribution < 1.29 is 0 Å². The second-order valence-corrected chi connectivity index (χ2v) is 7.53. The van der Waals surface area contributed by atoms with Gasteiger partial charge in [0.15, 0.2) is 4.34 Å². The molecule has 0 radical (unpaired) electrons. The molecule has 4 heteroatoms. The van der Waals surface area contributed by atoms with E-state index in [1.165, 1.54) is 36.1 Å². The van der Waals surface area contributed by atoms with E-state index in [1.807, 2.05) is 0 Å². The summed E-state index contributed by atoms with van der Waals surface area (Å²) in [5, 5.41) is 3.63. The van der Waals surface area contributed by atoms with Gasteiger partial charge in [0.2, 0.25) is 0 Å². The Morgan fingerprint density at radius 2 is 2.32 bits per heavy atom. The number of aromatic nitrogens is 1. The summed E-state index contributed by atoms with van der Waals surface area (Å²) in [6.45, 7) is 2.29. The summed E-state index contributed by atoms with van der Waals surface area (Å²) in [6.07, 6.45) is 7.67. The predicted octanol–water partition coefficient (Wildman–Crippen LogP) is 5.01. The number of nitrogens with zero attached hydrogens (tertiary/aromatic N) is 1. The molecule has 0 bridgehead atoms. The molecule has 3 rings (SSSR count).